The van der Waals surface area contributed by atoms with Crippen molar-refractivity contribution in [2.75, 3.05) is 19.0 Å². The van der Waals surface area contributed by atoms with Gasteiger partial charge in [-0.25, -0.2) is 0 Å². The zero-order valence-electron chi connectivity index (χ0n) is 14.5. The molecule has 1 nitrogen and oxygen atoms in total. The summed E-state index contributed by atoms with van der Waals surface area (Å²) in [6, 6.07) is 12.4. The van der Waals surface area contributed by atoms with Crippen LogP contribution in [0.4, 0.5) is 5.69 Å². The third-order valence-electron chi connectivity index (χ3n) is 4.74. The van der Waals surface area contributed by atoms with E-state index in [0.717, 1.165) is 23.2 Å². The molecule has 124 valence electrons. The van der Waals surface area contributed by atoms with Gasteiger partial charge in [0.05, 0.1) is 10.0 Å². The summed E-state index contributed by atoms with van der Waals surface area (Å²) in [4.78, 5) is 2.10. The van der Waals surface area contributed by atoms with E-state index in [0.29, 0.717) is 10.0 Å². The number of nitrogens with zero attached hydrogens (tertiary/aromatic N) is 1. The van der Waals surface area contributed by atoms with E-state index in [2.05, 4.69) is 43.0 Å². The number of anilines is 1. The molecule has 3 rings (SSSR count). The van der Waals surface area contributed by atoms with Crippen LogP contribution >= 0.6 is 23.2 Å². The molecule has 2 aromatic rings. The van der Waals surface area contributed by atoms with Crippen molar-refractivity contribution in [3.8, 4) is 11.1 Å². The number of halogens is 2. The minimum atomic E-state index is 0.585. The standard InChI is InChI=1S/C21H21Cl2N/c1-13-8-10-16(14(13)2)17-11-9-15(24(3)4)12-19(17)18-6-5-7-20(22)21(18)23/h5-9,11-12H,10H2,1-4H3. The summed E-state index contributed by atoms with van der Waals surface area (Å²) in [6.45, 7) is 4.36. The number of benzene rings is 2. The Morgan fingerprint density at radius 1 is 0.917 bits per heavy atom. The number of hydrogen-bond donors (Lipinski definition) is 0. The molecule has 1 aliphatic rings. The highest BCUT2D eigenvalue weighted by molar-refractivity contribution is 6.43. The highest BCUT2D eigenvalue weighted by Gasteiger charge is 2.19. The summed E-state index contributed by atoms with van der Waals surface area (Å²) in [5.41, 5.74) is 8.56. The van der Waals surface area contributed by atoms with Gasteiger partial charge >= 0.3 is 0 Å². The molecule has 0 bridgehead atoms. The second kappa shape index (κ2) is 6.66. The summed E-state index contributed by atoms with van der Waals surface area (Å²) >= 11 is 12.8. The van der Waals surface area contributed by atoms with Crippen molar-refractivity contribution >= 4 is 34.5 Å². The Hall–Kier alpha value is -1.70. The minimum absolute atomic E-state index is 0.585. The first-order chi connectivity index (χ1) is 11.4. The van der Waals surface area contributed by atoms with Crippen LogP contribution in [0.1, 0.15) is 25.8 Å². The second-order valence-electron chi connectivity index (χ2n) is 6.42. The van der Waals surface area contributed by atoms with Gasteiger partial charge in [0.2, 0.25) is 0 Å². The lowest BCUT2D eigenvalue weighted by Crippen LogP contribution is -2.09. The summed E-state index contributed by atoms with van der Waals surface area (Å²) in [6.07, 6.45) is 3.25. The van der Waals surface area contributed by atoms with Crippen molar-refractivity contribution in [3.05, 3.63) is 69.2 Å². The van der Waals surface area contributed by atoms with E-state index < -0.39 is 0 Å². The van der Waals surface area contributed by atoms with Crippen molar-refractivity contribution < 1.29 is 0 Å². The van der Waals surface area contributed by atoms with E-state index in [1.54, 1.807) is 0 Å². The van der Waals surface area contributed by atoms with E-state index in [4.69, 9.17) is 23.2 Å². The van der Waals surface area contributed by atoms with Crippen LogP contribution in [0.3, 0.4) is 0 Å². The summed E-state index contributed by atoms with van der Waals surface area (Å²) in [7, 11) is 4.09. The van der Waals surface area contributed by atoms with Gasteiger partial charge in [0, 0.05) is 25.3 Å². The molecule has 2 aromatic carbocycles. The molecule has 0 radical (unpaired) electrons. The van der Waals surface area contributed by atoms with Gasteiger partial charge < -0.3 is 4.90 Å². The maximum Gasteiger partial charge on any atom is 0.0670 e. The summed E-state index contributed by atoms with van der Waals surface area (Å²) < 4.78 is 0. The van der Waals surface area contributed by atoms with Crippen molar-refractivity contribution in [1.82, 2.24) is 0 Å². The highest BCUT2D eigenvalue weighted by Crippen LogP contribution is 2.42. The molecule has 24 heavy (non-hydrogen) atoms. The van der Waals surface area contributed by atoms with Crippen molar-refractivity contribution in [3.63, 3.8) is 0 Å². The van der Waals surface area contributed by atoms with Crippen molar-refractivity contribution in [1.29, 1.82) is 0 Å². The van der Waals surface area contributed by atoms with Crippen LogP contribution in [0.15, 0.2) is 53.6 Å². The minimum Gasteiger partial charge on any atom is -0.378 e. The van der Waals surface area contributed by atoms with E-state index in [9.17, 15) is 0 Å². The van der Waals surface area contributed by atoms with E-state index in [1.807, 2.05) is 32.3 Å². The third kappa shape index (κ3) is 2.99. The molecule has 1 aliphatic carbocycles. The van der Waals surface area contributed by atoms with Crippen molar-refractivity contribution in [2.45, 2.75) is 20.3 Å². The van der Waals surface area contributed by atoms with Crippen LogP contribution in [0.5, 0.6) is 0 Å². The lowest BCUT2D eigenvalue weighted by molar-refractivity contribution is 1.13. The van der Waals surface area contributed by atoms with Gasteiger partial charge in [0.25, 0.3) is 0 Å². The molecule has 0 atom stereocenters. The lowest BCUT2D eigenvalue weighted by atomic mass is 9.91. The molecule has 0 heterocycles. The van der Waals surface area contributed by atoms with Gasteiger partial charge in [-0.3, -0.25) is 0 Å². The Morgan fingerprint density at radius 3 is 2.29 bits per heavy atom. The average Bonchev–Trinajstić information content (AvgIpc) is 2.89. The average molecular weight is 358 g/mol. The van der Waals surface area contributed by atoms with Gasteiger partial charge in [0.1, 0.15) is 0 Å². The van der Waals surface area contributed by atoms with Crippen LogP contribution in [0.25, 0.3) is 16.7 Å². The number of allylic oxidation sites excluding steroid dienone is 4. The van der Waals surface area contributed by atoms with Gasteiger partial charge in [-0.2, -0.15) is 0 Å². The Kier molecular flexibility index (Phi) is 4.76. The molecular weight excluding hydrogens is 337 g/mol. The fourth-order valence-electron chi connectivity index (χ4n) is 3.12. The molecule has 0 saturated carbocycles. The van der Waals surface area contributed by atoms with E-state index >= 15 is 0 Å². The van der Waals surface area contributed by atoms with Crippen LogP contribution in [0, 0.1) is 0 Å². The highest BCUT2D eigenvalue weighted by atomic mass is 35.5. The molecule has 0 fully saturated rings. The van der Waals surface area contributed by atoms with Crippen LogP contribution in [-0.2, 0) is 0 Å². The first kappa shape index (κ1) is 17.1. The number of rotatable bonds is 3. The van der Waals surface area contributed by atoms with Crippen LogP contribution < -0.4 is 4.90 Å². The first-order valence-corrected chi connectivity index (χ1v) is 8.78. The molecule has 0 N–H and O–H groups in total. The monoisotopic (exact) mass is 357 g/mol. The molecule has 0 aliphatic heterocycles. The Balaban J connectivity index is 2.26. The first-order valence-electron chi connectivity index (χ1n) is 8.03. The normalized spacial score (nSPS) is 14.2. The molecule has 3 heteroatoms. The topological polar surface area (TPSA) is 3.24 Å². The summed E-state index contributed by atoms with van der Waals surface area (Å²) in [5.74, 6) is 0. The fourth-order valence-corrected chi connectivity index (χ4v) is 3.52. The Bertz CT molecular complexity index is 860. The lowest BCUT2D eigenvalue weighted by Gasteiger charge is -2.19. The van der Waals surface area contributed by atoms with E-state index in [-0.39, 0.29) is 0 Å². The molecule has 0 spiro atoms. The Labute approximate surface area is 154 Å². The van der Waals surface area contributed by atoms with Gasteiger partial charge in [-0.1, -0.05) is 53.1 Å². The van der Waals surface area contributed by atoms with Crippen LogP contribution in [-0.4, -0.2) is 14.1 Å². The zero-order valence-corrected chi connectivity index (χ0v) is 16.0. The zero-order chi connectivity index (χ0) is 17.4. The molecule has 0 unspecified atom stereocenters. The third-order valence-corrected chi connectivity index (χ3v) is 5.56. The SMILES string of the molecule is CC1=CCC(c2ccc(N(C)C)cc2-c2cccc(Cl)c2Cl)=C1C. The smallest absolute Gasteiger partial charge is 0.0670 e. The Morgan fingerprint density at radius 2 is 1.67 bits per heavy atom. The van der Waals surface area contributed by atoms with Gasteiger partial charge in [-0.15, -0.1) is 0 Å². The maximum absolute atomic E-state index is 6.53. The quantitative estimate of drug-likeness (QED) is 0.580. The van der Waals surface area contributed by atoms with Gasteiger partial charge in [-0.05, 0) is 60.7 Å². The molecule has 0 amide bonds. The van der Waals surface area contributed by atoms with Crippen molar-refractivity contribution in [2.24, 2.45) is 0 Å². The molecule has 0 aromatic heterocycles. The second-order valence-corrected chi connectivity index (χ2v) is 7.21. The maximum atomic E-state index is 6.53. The van der Waals surface area contributed by atoms with Crippen LogP contribution in [0.2, 0.25) is 10.0 Å². The largest absolute Gasteiger partial charge is 0.378 e. The summed E-state index contributed by atoms with van der Waals surface area (Å²) in [5, 5.41) is 1.19. The van der Waals surface area contributed by atoms with E-state index in [1.165, 1.54) is 22.3 Å². The predicted octanol–water partition coefficient (Wildman–Crippen LogP) is 6.85. The van der Waals surface area contributed by atoms with Gasteiger partial charge in [0.15, 0.2) is 0 Å². The predicted molar refractivity (Wildman–Crippen MR) is 107 cm³/mol. The molecular formula is C21H21Cl2N. The fraction of sp³-hybridized carbons (Fsp3) is 0.238. The molecule has 0 saturated heterocycles. The number of hydrogen-bond acceptors (Lipinski definition) is 1.